The lowest BCUT2D eigenvalue weighted by Crippen LogP contribution is -2.21. The molecule has 0 amide bonds. The van der Waals surface area contributed by atoms with Gasteiger partial charge in [0.2, 0.25) is 0 Å². The van der Waals surface area contributed by atoms with Gasteiger partial charge in [-0.15, -0.1) is 0 Å². The summed E-state index contributed by atoms with van der Waals surface area (Å²) in [7, 11) is 0. The van der Waals surface area contributed by atoms with Crippen LogP contribution < -0.4 is 5.73 Å². The number of aromatic nitrogens is 3. The molecule has 0 bridgehead atoms. The van der Waals surface area contributed by atoms with Crippen LogP contribution in [0.5, 0.6) is 0 Å². The largest absolute Gasteiger partial charge is 0.348 e. The van der Waals surface area contributed by atoms with Crippen LogP contribution in [-0.4, -0.2) is 20.4 Å². The van der Waals surface area contributed by atoms with E-state index in [-0.39, 0.29) is 6.04 Å². The molecular formula is C15H23ClN4. The lowest BCUT2D eigenvalue weighted by molar-refractivity contribution is 0.597. The van der Waals surface area contributed by atoms with Gasteiger partial charge in [0, 0.05) is 25.0 Å². The van der Waals surface area contributed by atoms with Crippen molar-refractivity contribution < 1.29 is 0 Å². The number of nitrogens with zero attached hydrogens (tertiary/aromatic N) is 3. The Bertz CT molecular complexity index is 570. The minimum Gasteiger partial charge on any atom is -0.348 e. The molecule has 0 radical (unpaired) electrons. The fourth-order valence-electron chi connectivity index (χ4n) is 2.35. The summed E-state index contributed by atoms with van der Waals surface area (Å²) in [5, 5.41) is 5.22. The van der Waals surface area contributed by atoms with E-state index in [1.165, 1.54) is 5.56 Å². The molecule has 2 aromatic heterocycles. The van der Waals surface area contributed by atoms with E-state index < -0.39 is 0 Å². The second-order valence-corrected chi connectivity index (χ2v) is 5.60. The van der Waals surface area contributed by atoms with Crippen molar-refractivity contribution in [2.45, 2.75) is 52.7 Å². The first-order valence-electron chi connectivity index (χ1n) is 7.17. The number of halogens is 1. The lowest BCUT2D eigenvalue weighted by atomic mass is 10.1. The minimum absolute atomic E-state index is 0.234. The Balaban J connectivity index is 2.14. The molecule has 0 aliphatic heterocycles. The summed E-state index contributed by atoms with van der Waals surface area (Å²) in [6, 6.07) is 2.36. The predicted octanol–water partition coefficient (Wildman–Crippen LogP) is 2.99. The monoisotopic (exact) mass is 294 g/mol. The Morgan fingerprint density at radius 1 is 1.40 bits per heavy atom. The Morgan fingerprint density at radius 2 is 2.15 bits per heavy atom. The Kier molecular flexibility index (Phi) is 4.89. The summed E-state index contributed by atoms with van der Waals surface area (Å²) in [6.07, 6.45) is 6.15. The van der Waals surface area contributed by atoms with Gasteiger partial charge in [-0.25, -0.2) is 0 Å². The summed E-state index contributed by atoms with van der Waals surface area (Å²) in [5.41, 5.74) is 9.22. The fraction of sp³-hybridized carbons (Fsp3) is 0.533. The molecule has 0 aliphatic rings. The van der Waals surface area contributed by atoms with Gasteiger partial charge in [-0.05, 0) is 38.3 Å². The molecule has 1 atom stereocenters. The number of aryl methyl sites for hydroxylation is 2. The average molecular weight is 295 g/mol. The predicted molar refractivity (Wildman–Crippen MR) is 83.2 cm³/mol. The van der Waals surface area contributed by atoms with Crippen LogP contribution >= 0.6 is 11.6 Å². The van der Waals surface area contributed by atoms with E-state index >= 15 is 0 Å². The van der Waals surface area contributed by atoms with Crippen LogP contribution in [-0.2, 0) is 19.5 Å². The second-order valence-electron chi connectivity index (χ2n) is 5.23. The first kappa shape index (κ1) is 15.1. The third-order valence-corrected chi connectivity index (χ3v) is 4.11. The highest BCUT2D eigenvalue weighted by Gasteiger charge is 2.13. The van der Waals surface area contributed by atoms with Gasteiger partial charge < -0.3 is 10.3 Å². The van der Waals surface area contributed by atoms with Crippen LogP contribution in [0.4, 0.5) is 0 Å². The summed E-state index contributed by atoms with van der Waals surface area (Å²) in [4.78, 5) is 0. The molecule has 0 fully saturated rings. The quantitative estimate of drug-likeness (QED) is 0.890. The zero-order valence-electron chi connectivity index (χ0n) is 12.4. The lowest BCUT2D eigenvalue weighted by Gasteiger charge is -2.08. The van der Waals surface area contributed by atoms with E-state index in [9.17, 15) is 0 Å². The number of rotatable bonds is 6. The molecule has 20 heavy (non-hydrogen) atoms. The molecule has 0 saturated heterocycles. The van der Waals surface area contributed by atoms with E-state index in [1.807, 2.05) is 11.6 Å². The van der Waals surface area contributed by atoms with Crippen LogP contribution in [0.1, 0.15) is 37.2 Å². The van der Waals surface area contributed by atoms with Gasteiger partial charge in [-0.3, -0.25) is 4.68 Å². The van der Waals surface area contributed by atoms with Gasteiger partial charge in [0.05, 0.1) is 23.0 Å². The van der Waals surface area contributed by atoms with Crippen molar-refractivity contribution in [3.8, 4) is 0 Å². The first-order chi connectivity index (χ1) is 9.55. The highest BCUT2D eigenvalue weighted by Crippen LogP contribution is 2.21. The first-order valence-corrected chi connectivity index (χ1v) is 7.54. The van der Waals surface area contributed by atoms with Crippen LogP contribution in [0.15, 0.2) is 18.5 Å². The standard InChI is InChI=1S/C15H23ClN4/c1-4-13(17)8-12-6-7-19(9-12)10-14-15(16)11(3)18-20(14)5-2/h6-7,9,13H,4-5,8,10,17H2,1-3H3. The SMILES string of the molecule is CCC(N)Cc1ccn(Cc2c(Cl)c(C)nn2CC)c1. The van der Waals surface area contributed by atoms with Crippen molar-refractivity contribution in [3.63, 3.8) is 0 Å². The van der Waals surface area contributed by atoms with Crippen molar-refractivity contribution in [3.05, 3.63) is 40.4 Å². The van der Waals surface area contributed by atoms with Crippen LogP contribution in [0.25, 0.3) is 0 Å². The second kappa shape index (κ2) is 6.46. The topological polar surface area (TPSA) is 48.8 Å². The van der Waals surface area contributed by atoms with Crippen molar-refractivity contribution in [2.75, 3.05) is 0 Å². The number of hydrogen-bond donors (Lipinski definition) is 1. The van der Waals surface area contributed by atoms with E-state index in [0.29, 0.717) is 0 Å². The van der Waals surface area contributed by atoms with Gasteiger partial charge in [0.25, 0.3) is 0 Å². The van der Waals surface area contributed by atoms with Crippen molar-refractivity contribution >= 4 is 11.6 Å². The Labute approximate surface area is 125 Å². The zero-order valence-corrected chi connectivity index (χ0v) is 13.2. The van der Waals surface area contributed by atoms with Gasteiger partial charge in [-0.2, -0.15) is 5.10 Å². The van der Waals surface area contributed by atoms with Gasteiger partial charge >= 0.3 is 0 Å². The molecule has 2 rings (SSSR count). The Morgan fingerprint density at radius 3 is 2.80 bits per heavy atom. The highest BCUT2D eigenvalue weighted by molar-refractivity contribution is 6.31. The molecule has 5 heteroatoms. The fourth-order valence-corrected chi connectivity index (χ4v) is 2.54. The minimum atomic E-state index is 0.234. The third kappa shape index (κ3) is 3.25. The maximum atomic E-state index is 6.34. The maximum absolute atomic E-state index is 6.34. The van der Waals surface area contributed by atoms with Crippen molar-refractivity contribution in [1.29, 1.82) is 0 Å². The van der Waals surface area contributed by atoms with E-state index in [1.54, 1.807) is 0 Å². The molecule has 4 nitrogen and oxygen atoms in total. The molecular weight excluding hydrogens is 272 g/mol. The summed E-state index contributed by atoms with van der Waals surface area (Å²) >= 11 is 6.34. The molecule has 1 unspecified atom stereocenters. The molecule has 0 spiro atoms. The van der Waals surface area contributed by atoms with Gasteiger partial charge in [0.1, 0.15) is 0 Å². The van der Waals surface area contributed by atoms with Gasteiger partial charge in [-0.1, -0.05) is 18.5 Å². The smallest absolute Gasteiger partial charge is 0.0865 e. The molecule has 2 heterocycles. The highest BCUT2D eigenvalue weighted by atomic mass is 35.5. The van der Waals surface area contributed by atoms with Crippen LogP contribution in [0.3, 0.4) is 0 Å². The molecule has 0 aliphatic carbocycles. The van der Waals surface area contributed by atoms with Crippen LogP contribution in [0.2, 0.25) is 5.02 Å². The van der Waals surface area contributed by atoms with E-state index in [4.69, 9.17) is 17.3 Å². The number of hydrogen-bond acceptors (Lipinski definition) is 2. The molecule has 0 saturated carbocycles. The molecule has 0 aromatic carbocycles. The van der Waals surface area contributed by atoms with Gasteiger partial charge in [0.15, 0.2) is 0 Å². The maximum Gasteiger partial charge on any atom is 0.0865 e. The van der Waals surface area contributed by atoms with Crippen molar-refractivity contribution in [2.24, 2.45) is 5.73 Å². The third-order valence-electron chi connectivity index (χ3n) is 3.62. The van der Waals surface area contributed by atoms with Crippen molar-refractivity contribution in [1.82, 2.24) is 14.3 Å². The molecule has 110 valence electrons. The normalized spacial score (nSPS) is 12.8. The van der Waals surface area contributed by atoms with E-state index in [2.05, 4.69) is 42.0 Å². The zero-order chi connectivity index (χ0) is 14.7. The van der Waals surface area contributed by atoms with E-state index in [0.717, 1.165) is 42.3 Å². The summed E-state index contributed by atoms with van der Waals surface area (Å²) < 4.78 is 4.11. The van der Waals surface area contributed by atoms with Crippen LogP contribution in [0, 0.1) is 6.92 Å². The Hall–Kier alpha value is -1.26. The molecule has 2 N–H and O–H groups in total. The number of nitrogens with two attached hydrogens (primary N) is 1. The molecule has 2 aromatic rings. The summed E-state index contributed by atoms with van der Waals surface area (Å²) in [5.74, 6) is 0. The summed E-state index contributed by atoms with van der Waals surface area (Å²) in [6.45, 7) is 7.71. The average Bonchev–Trinajstić information content (AvgIpc) is 2.98.